The number of rotatable bonds is 7. The Hall–Kier alpha value is -4.14. The van der Waals surface area contributed by atoms with Crippen molar-refractivity contribution in [2.75, 3.05) is 14.2 Å². The Morgan fingerprint density at radius 1 is 1.00 bits per heavy atom. The van der Waals surface area contributed by atoms with Crippen LogP contribution in [-0.4, -0.2) is 35.1 Å². The maximum Gasteiger partial charge on any atom is 0.335 e. The summed E-state index contributed by atoms with van der Waals surface area (Å²) in [6.45, 7) is -0.296. The Morgan fingerprint density at radius 2 is 1.75 bits per heavy atom. The smallest absolute Gasteiger partial charge is 0.335 e. The van der Waals surface area contributed by atoms with Crippen LogP contribution >= 0.6 is 0 Å². The fourth-order valence-corrected chi connectivity index (χ4v) is 3.25. The Balaban J connectivity index is 1.67. The van der Waals surface area contributed by atoms with Crippen LogP contribution in [0.3, 0.4) is 0 Å². The number of benzene rings is 3. The van der Waals surface area contributed by atoms with Crippen LogP contribution in [-0.2, 0) is 6.61 Å². The van der Waals surface area contributed by atoms with E-state index < -0.39 is 17.6 Å². The topological polar surface area (TPSA) is 82.8 Å². The Morgan fingerprint density at radius 3 is 2.47 bits per heavy atom. The second kappa shape index (κ2) is 8.54. The maximum atomic E-state index is 14.3. The molecule has 1 aromatic heterocycles. The number of halogens is 2. The molecule has 0 radical (unpaired) electrons. The Labute approximate surface area is 181 Å². The molecule has 164 valence electrons. The van der Waals surface area contributed by atoms with Crippen LogP contribution in [0.2, 0.25) is 0 Å². The second-order valence-electron chi connectivity index (χ2n) is 6.82. The van der Waals surface area contributed by atoms with E-state index in [0.29, 0.717) is 17.0 Å². The molecule has 32 heavy (non-hydrogen) atoms. The summed E-state index contributed by atoms with van der Waals surface area (Å²) in [5.74, 6) is -2.27. The van der Waals surface area contributed by atoms with Gasteiger partial charge in [-0.2, -0.15) is 5.10 Å². The zero-order valence-electron chi connectivity index (χ0n) is 17.1. The lowest BCUT2D eigenvalue weighted by Crippen LogP contribution is -2.05. The van der Waals surface area contributed by atoms with Crippen LogP contribution in [0.15, 0.2) is 54.7 Å². The third-order valence-corrected chi connectivity index (χ3v) is 4.91. The average Bonchev–Trinajstić information content (AvgIpc) is 3.23. The first-order valence-electron chi connectivity index (χ1n) is 9.46. The number of aromatic nitrogens is 2. The fraction of sp³-hybridized carbons (Fsp3) is 0.130. The van der Waals surface area contributed by atoms with E-state index in [0.717, 1.165) is 11.5 Å². The van der Waals surface area contributed by atoms with Gasteiger partial charge in [0.1, 0.15) is 12.4 Å². The molecule has 0 fully saturated rings. The number of nitrogens with zero attached hydrogens (tertiary/aromatic N) is 2. The molecular weight excluding hydrogens is 422 g/mol. The molecule has 4 aromatic rings. The van der Waals surface area contributed by atoms with E-state index >= 15 is 0 Å². The van der Waals surface area contributed by atoms with E-state index in [-0.39, 0.29) is 29.2 Å². The van der Waals surface area contributed by atoms with Gasteiger partial charge in [0, 0.05) is 17.6 Å². The van der Waals surface area contributed by atoms with Crippen molar-refractivity contribution in [3.63, 3.8) is 0 Å². The average molecular weight is 440 g/mol. The van der Waals surface area contributed by atoms with Crippen molar-refractivity contribution in [2.45, 2.75) is 6.61 Å². The molecule has 0 aliphatic heterocycles. The Kier molecular flexibility index (Phi) is 5.63. The van der Waals surface area contributed by atoms with Gasteiger partial charge in [0.05, 0.1) is 36.6 Å². The summed E-state index contributed by atoms with van der Waals surface area (Å²) in [7, 11) is 2.82. The summed E-state index contributed by atoms with van der Waals surface area (Å²) in [4.78, 5) is 11.2. The van der Waals surface area contributed by atoms with E-state index in [1.165, 1.54) is 32.4 Å². The van der Waals surface area contributed by atoms with Crippen LogP contribution in [0, 0.1) is 11.6 Å². The standard InChI is InChI=1S/C23H18F2N2O5/c1-30-19-8-6-17(24)22(25)16(19)12-32-21-10-15(5-7-20(21)31-2)27-11-14-4-3-13(23(28)29)9-18(14)26-27/h3-11H,12H2,1-2H3,(H,28,29). The number of hydrogen-bond acceptors (Lipinski definition) is 5. The van der Waals surface area contributed by atoms with E-state index in [4.69, 9.17) is 19.3 Å². The van der Waals surface area contributed by atoms with Gasteiger partial charge >= 0.3 is 5.97 Å². The highest BCUT2D eigenvalue weighted by Gasteiger charge is 2.17. The first-order chi connectivity index (χ1) is 15.4. The molecule has 0 bridgehead atoms. The number of carboxylic acid groups (broad SMARTS) is 1. The summed E-state index contributed by atoms with van der Waals surface area (Å²) >= 11 is 0. The van der Waals surface area contributed by atoms with Crippen LogP contribution in [0.1, 0.15) is 15.9 Å². The molecule has 0 unspecified atom stereocenters. The van der Waals surface area contributed by atoms with Crippen LogP contribution in [0.4, 0.5) is 8.78 Å². The lowest BCUT2D eigenvalue weighted by molar-refractivity contribution is 0.0697. The predicted octanol–water partition coefficient (Wildman–Crippen LogP) is 4.60. The van der Waals surface area contributed by atoms with Crippen molar-refractivity contribution in [3.8, 4) is 22.9 Å². The highest BCUT2D eigenvalue weighted by atomic mass is 19.2. The molecule has 7 nitrogen and oxygen atoms in total. The number of hydrogen-bond donors (Lipinski definition) is 1. The molecule has 1 heterocycles. The molecular formula is C23H18F2N2O5. The van der Waals surface area contributed by atoms with Gasteiger partial charge in [-0.1, -0.05) is 6.07 Å². The zero-order chi connectivity index (χ0) is 22.8. The van der Waals surface area contributed by atoms with Crippen LogP contribution in [0.25, 0.3) is 16.6 Å². The van der Waals surface area contributed by atoms with E-state index in [1.807, 2.05) is 0 Å². The first-order valence-corrected chi connectivity index (χ1v) is 9.46. The van der Waals surface area contributed by atoms with Crippen molar-refractivity contribution in [3.05, 3.63) is 77.5 Å². The molecule has 0 spiro atoms. The number of carbonyl (C=O) groups is 1. The Bertz CT molecular complexity index is 1320. The molecule has 3 aromatic carbocycles. The summed E-state index contributed by atoms with van der Waals surface area (Å²) in [5, 5.41) is 14.3. The third-order valence-electron chi connectivity index (χ3n) is 4.91. The lowest BCUT2D eigenvalue weighted by Gasteiger charge is -2.14. The quantitative estimate of drug-likeness (QED) is 0.452. The van der Waals surface area contributed by atoms with Gasteiger partial charge in [-0.15, -0.1) is 0 Å². The van der Waals surface area contributed by atoms with Gasteiger partial charge in [-0.05, 0) is 36.4 Å². The molecule has 9 heteroatoms. The number of ether oxygens (including phenoxy) is 3. The van der Waals surface area contributed by atoms with E-state index in [9.17, 15) is 13.6 Å². The minimum atomic E-state index is -1.05. The van der Waals surface area contributed by atoms with Crippen molar-refractivity contribution in [1.82, 2.24) is 9.78 Å². The summed E-state index contributed by atoms with van der Waals surface area (Å²) in [6, 6.07) is 12.0. The summed E-state index contributed by atoms with van der Waals surface area (Å²) in [6.07, 6.45) is 1.74. The molecule has 0 aliphatic carbocycles. The second-order valence-corrected chi connectivity index (χ2v) is 6.82. The highest BCUT2D eigenvalue weighted by molar-refractivity contribution is 5.93. The van der Waals surface area contributed by atoms with Gasteiger partial charge in [-0.25, -0.2) is 18.3 Å². The number of carboxylic acids is 1. The molecule has 0 amide bonds. The number of fused-ring (bicyclic) bond motifs is 1. The van der Waals surface area contributed by atoms with Crippen molar-refractivity contribution < 1.29 is 32.9 Å². The lowest BCUT2D eigenvalue weighted by atomic mass is 10.2. The molecule has 1 N–H and O–H groups in total. The third kappa shape index (κ3) is 3.92. The molecule has 0 saturated heterocycles. The van der Waals surface area contributed by atoms with Crippen LogP contribution < -0.4 is 14.2 Å². The SMILES string of the molecule is COc1ccc(-n2cc3ccc(C(=O)O)cc3n2)cc1OCc1c(OC)ccc(F)c1F. The minimum Gasteiger partial charge on any atom is -0.496 e. The van der Waals surface area contributed by atoms with Gasteiger partial charge < -0.3 is 19.3 Å². The van der Waals surface area contributed by atoms with E-state index in [2.05, 4.69) is 5.10 Å². The van der Waals surface area contributed by atoms with Crippen molar-refractivity contribution in [1.29, 1.82) is 0 Å². The molecule has 0 saturated carbocycles. The van der Waals surface area contributed by atoms with Crippen molar-refractivity contribution in [2.24, 2.45) is 0 Å². The summed E-state index contributed by atoms with van der Waals surface area (Å²) < 4.78 is 45.7. The minimum absolute atomic E-state index is 0.0639. The molecule has 0 atom stereocenters. The monoisotopic (exact) mass is 440 g/mol. The fourth-order valence-electron chi connectivity index (χ4n) is 3.25. The van der Waals surface area contributed by atoms with Gasteiger partial charge in [0.2, 0.25) is 0 Å². The molecule has 0 aliphatic rings. The van der Waals surface area contributed by atoms with Crippen LogP contribution in [0.5, 0.6) is 17.2 Å². The van der Waals surface area contributed by atoms with Gasteiger partial charge in [-0.3, -0.25) is 0 Å². The van der Waals surface area contributed by atoms with Gasteiger partial charge in [0.15, 0.2) is 23.1 Å². The normalized spacial score (nSPS) is 10.9. The first kappa shape index (κ1) is 21.1. The highest BCUT2D eigenvalue weighted by Crippen LogP contribution is 2.32. The number of methoxy groups -OCH3 is 2. The van der Waals surface area contributed by atoms with Gasteiger partial charge in [0.25, 0.3) is 0 Å². The zero-order valence-corrected chi connectivity index (χ0v) is 17.1. The largest absolute Gasteiger partial charge is 0.496 e. The van der Waals surface area contributed by atoms with E-state index in [1.54, 1.807) is 35.1 Å². The summed E-state index contributed by atoms with van der Waals surface area (Å²) in [5.41, 5.74) is 1.17. The maximum absolute atomic E-state index is 14.3. The van der Waals surface area contributed by atoms with Crippen molar-refractivity contribution >= 4 is 16.9 Å². The molecule has 4 rings (SSSR count). The predicted molar refractivity (Wildman–Crippen MR) is 112 cm³/mol. The number of aromatic carboxylic acids is 1.